The molecule has 10 heavy (non-hydrogen) atoms. The molecule has 0 aliphatic carbocycles. The van der Waals surface area contributed by atoms with Crippen molar-refractivity contribution in [1.82, 2.24) is 0 Å². The van der Waals surface area contributed by atoms with E-state index in [2.05, 4.69) is 0 Å². The number of rotatable bonds is 0. The van der Waals surface area contributed by atoms with Crippen LogP contribution in [0.15, 0.2) is 0 Å². The topological polar surface area (TPSA) is 132 Å². The van der Waals surface area contributed by atoms with E-state index in [9.17, 15) is 0 Å². The molecule has 0 aliphatic heterocycles. The Morgan fingerprint density at radius 2 is 0.800 bits per heavy atom. The van der Waals surface area contributed by atoms with Crippen LogP contribution in [-0.4, -0.2) is 27.5 Å². The SMILES string of the molecule is O=[N+]([O-])[O-].O=[N+]([O-])[O-].[AlH3].[Co]. The maximum absolute atomic E-state index is 8.25. The molecule has 10 heteroatoms. The fourth-order valence-electron chi connectivity index (χ4n) is 0. The van der Waals surface area contributed by atoms with Crippen molar-refractivity contribution in [3.8, 4) is 0 Å². The Kier molecular flexibility index (Phi) is 35.9. The van der Waals surface area contributed by atoms with Gasteiger partial charge in [-0.1, -0.05) is 0 Å². The van der Waals surface area contributed by atoms with Crippen LogP contribution in [0.1, 0.15) is 0 Å². The van der Waals surface area contributed by atoms with Gasteiger partial charge in [0.1, 0.15) is 0 Å². The molecule has 0 saturated heterocycles. The first-order chi connectivity index (χ1) is 3.46. The van der Waals surface area contributed by atoms with E-state index in [1.165, 1.54) is 0 Å². The number of hydrogen-bond acceptors (Lipinski definition) is 6. The van der Waals surface area contributed by atoms with Gasteiger partial charge in [0, 0.05) is 16.8 Å². The Morgan fingerprint density at radius 1 is 0.800 bits per heavy atom. The Labute approximate surface area is 75.4 Å². The second-order valence-corrected chi connectivity index (χ2v) is 0.447. The summed E-state index contributed by atoms with van der Waals surface area (Å²) in [6.07, 6.45) is 0. The van der Waals surface area contributed by atoms with Gasteiger partial charge in [-0.3, -0.25) is 0 Å². The van der Waals surface area contributed by atoms with Gasteiger partial charge >= 0.3 is 0 Å². The van der Waals surface area contributed by atoms with Crippen molar-refractivity contribution >= 4 is 17.4 Å². The molecule has 0 aromatic carbocycles. The van der Waals surface area contributed by atoms with E-state index in [1.54, 1.807) is 0 Å². The van der Waals surface area contributed by atoms with Crippen molar-refractivity contribution in [3.05, 3.63) is 30.6 Å². The summed E-state index contributed by atoms with van der Waals surface area (Å²) >= 11 is 0. The molecule has 0 aromatic heterocycles. The minimum atomic E-state index is -1.75. The fraction of sp³-hybridized carbons (Fsp3) is 0. The summed E-state index contributed by atoms with van der Waals surface area (Å²) in [5, 5.41) is 29.5. The van der Waals surface area contributed by atoms with Gasteiger partial charge < -0.3 is 30.6 Å². The Balaban J connectivity index is -0.0000000300. The first kappa shape index (κ1) is 22.7. The molecule has 0 N–H and O–H groups in total. The van der Waals surface area contributed by atoms with Crippen LogP contribution in [0.25, 0.3) is 0 Å². The standard InChI is InChI=1S/Al.Co.2NO3.3H/c;;2*2-1(3)4;;;/q;;2*-1;;;. The summed E-state index contributed by atoms with van der Waals surface area (Å²) in [6, 6.07) is 0. The number of nitrogens with zero attached hydrogens (tertiary/aromatic N) is 2. The third-order valence-corrected chi connectivity index (χ3v) is 0. The van der Waals surface area contributed by atoms with Crippen LogP contribution in [0.2, 0.25) is 0 Å². The van der Waals surface area contributed by atoms with Crippen LogP contribution in [0, 0.1) is 30.6 Å². The van der Waals surface area contributed by atoms with Crippen molar-refractivity contribution in [2.24, 2.45) is 0 Å². The quantitative estimate of drug-likeness (QED) is 0.268. The van der Waals surface area contributed by atoms with Crippen LogP contribution >= 0.6 is 0 Å². The summed E-state index contributed by atoms with van der Waals surface area (Å²) < 4.78 is 0. The predicted octanol–water partition coefficient (Wildman–Crippen LogP) is -1.66. The van der Waals surface area contributed by atoms with Gasteiger partial charge in [0.2, 0.25) is 0 Å². The Hall–Kier alpha value is -0.561. The van der Waals surface area contributed by atoms with Crippen molar-refractivity contribution in [3.63, 3.8) is 0 Å². The van der Waals surface area contributed by atoms with Gasteiger partial charge in [-0.2, -0.15) is 0 Å². The molecule has 8 nitrogen and oxygen atoms in total. The van der Waals surface area contributed by atoms with Crippen LogP contribution < -0.4 is 0 Å². The van der Waals surface area contributed by atoms with E-state index in [-0.39, 0.29) is 34.1 Å². The normalized spacial score (nSPS) is 4.80. The van der Waals surface area contributed by atoms with Gasteiger partial charge in [0.25, 0.3) is 0 Å². The predicted molar refractivity (Wildman–Crippen MR) is 30.7 cm³/mol. The van der Waals surface area contributed by atoms with E-state index in [1.807, 2.05) is 0 Å². The largest absolute Gasteiger partial charge is 0.356 e. The molecular weight excluding hydrogens is 210 g/mol. The molecule has 1 radical (unpaired) electrons. The van der Waals surface area contributed by atoms with E-state index in [0.717, 1.165) is 0 Å². The summed E-state index contributed by atoms with van der Waals surface area (Å²) in [4.78, 5) is 16.5. The molecule has 63 valence electrons. The Morgan fingerprint density at radius 3 is 0.800 bits per heavy atom. The average molecular weight is 213 g/mol. The molecule has 0 rings (SSSR count). The maximum atomic E-state index is 8.25. The van der Waals surface area contributed by atoms with Crippen molar-refractivity contribution in [1.29, 1.82) is 0 Å². The van der Waals surface area contributed by atoms with Crippen molar-refractivity contribution in [2.45, 2.75) is 0 Å². The fourth-order valence-corrected chi connectivity index (χ4v) is 0. The van der Waals surface area contributed by atoms with Gasteiger partial charge in [-0.15, -0.1) is 0 Å². The van der Waals surface area contributed by atoms with E-state index in [0.29, 0.717) is 0 Å². The third-order valence-electron chi connectivity index (χ3n) is 0. The minimum Gasteiger partial charge on any atom is -0.356 e. The number of hydrogen-bond donors (Lipinski definition) is 0. The van der Waals surface area contributed by atoms with Gasteiger partial charge in [0.15, 0.2) is 17.4 Å². The first-order valence-electron chi connectivity index (χ1n) is 1.10. The van der Waals surface area contributed by atoms with E-state index >= 15 is 0 Å². The zero-order chi connectivity index (χ0) is 7.15. The van der Waals surface area contributed by atoms with Crippen LogP contribution in [-0.2, 0) is 16.8 Å². The first-order valence-corrected chi connectivity index (χ1v) is 1.10. The summed E-state index contributed by atoms with van der Waals surface area (Å²) in [7, 11) is 0. The second-order valence-electron chi connectivity index (χ2n) is 0.447. The third kappa shape index (κ3) is 980. The molecule has 0 aromatic rings. The minimum absolute atomic E-state index is 0. The van der Waals surface area contributed by atoms with Gasteiger partial charge in [0.05, 0.1) is 10.2 Å². The van der Waals surface area contributed by atoms with Gasteiger partial charge in [-0.25, -0.2) is 0 Å². The molecule has 0 unspecified atom stereocenters. The van der Waals surface area contributed by atoms with Crippen molar-refractivity contribution in [2.75, 3.05) is 0 Å². The summed E-state index contributed by atoms with van der Waals surface area (Å²) in [5.74, 6) is 0. The van der Waals surface area contributed by atoms with Crippen LogP contribution in [0.4, 0.5) is 0 Å². The molecule has 0 saturated carbocycles. The molecule has 0 aliphatic rings. The van der Waals surface area contributed by atoms with Crippen LogP contribution in [0.5, 0.6) is 0 Å². The smallest absolute Gasteiger partial charge is 0.187 e. The van der Waals surface area contributed by atoms with Gasteiger partial charge in [-0.05, 0) is 0 Å². The molecule has 0 bridgehead atoms. The monoisotopic (exact) mass is 213 g/mol. The molecule has 0 heterocycles. The molecule has 0 atom stereocenters. The molecule has 0 fully saturated rings. The van der Waals surface area contributed by atoms with Crippen LogP contribution in [0.3, 0.4) is 0 Å². The van der Waals surface area contributed by atoms with E-state index < -0.39 is 10.2 Å². The summed E-state index contributed by atoms with van der Waals surface area (Å²) in [6.45, 7) is 0. The second kappa shape index (κ2) is 15.8. The average Bonchev–Trinajstić information content (AvgIpc) is 1.25. The van der Waals surface area contributed by atoms with Crippen molar-refractivity contribution < 1.29 is 27.0 Å². The molecule has 0 spiro atoms. The Bertz CT molecular complexity index is 73.7. The van der Waals surface area contributed by atoms with E-state index in [4.69, 9.17) is 30.6 Å². The zero-order valence-electron chi connectivity index (χ0n) is 3.68. The summed E-state index contributed by atoms with van der Waals surface area (Å²) in [5.41, 5.74) is 0. The zero-order valence-corrected chi connectivity index (χ0v) is 4.72. The molecule has 0 amide bonds. The molecular formula is H3AlCoN2O6-2. The maximum Gasteiger partial charge on any atom is 0.187 e.